The molecular formula is C19H18F5N5O3. The van der Waals surface area contributed by atoms with E-state index in [9.17, 15) is 31.5 Å². The fraction of sp³-hybridized carbons (Fsp3) is 0.474. The smallest absolute Gasteiger partial charge is 0.453 e. The first-order valence-corrected chi connectivity index (χ1v) is 9.67. The van der Waals surface area contributed by atoms with Gasteiger partial charge in [0.25, 0.3) is 11.8 Å². The monoisotopic (exact) mass is 459 g/mol. The highest BCUT2D eigenvalue weighted by Crippen LogP contribution is 2.44. The van der Waals surface area contributed by atoms with Crippen molar-refractivity contribution in [2.24, 2.45) is 5.92 Å². The van der Waals surface area contributed by atoms with Crippen molar-refractivity contribution in [3.63, 3.8) is 0 Å². The number of para-hydroxylation sites is 2. The molecule has 0 aliphatic carbocycles. The summed E-state index contributed by atoms with van der Waals surface area (Å²) in [6.45, 7) is -0.986. The lowest BCUT2D eigenvalue weighted by atomic mass is 9.92. The molecule has 0 radical (unpaired) electrons. The second-order valence-corrected chi connectivity index (χ2v) is 7.61. The summed E-state index contributed by atoms with van der Waals surface area (Å²) in [4.78, 5) is 26.8. The van der Waals surface area contributed by atoms with Crippen LogP contribution >= 0.6 is 0 Å². The summed E-state index contributed by atoms with van der Waals surface area (Å²) in [6.07, 6.45) is -6.36. The molecule has 2 aliphatic rings. The number of rotatable bonds is 3. The van der Waals surface area contributed by atoms with Gasteiger partial charge in [-0.05, 0) is 18.6 Å². The number of aryl methyl sites for hydroxylation is 1. The standard InChI is InChI=1S/C19H18F5N5O3/c1-28-12-4-2-3-5-13(12)32-9-11(17(28)31)25-16(30)15-27-26-14-7-6-10(8-29(14)15)18(20,21)19(22,23)24/h2-5,10-11H,6-9H2,1H3,(H,25,30)/t10?,11-/m0/s1. The highest BCUT2D eigenvalue weighted by atomic mass is 19.4. The Morgan fingerprint density at radius 2 is 1.91 bits per heavy atom. The molecule has 13 heteroatoms. The molecule has 1 aromatic carbocycles. The summed E-state index contributed by atoms with van der Waals surface area (Å²) in [7, 11) is 1.50. The number of hydrogen-bond acceptors (Lipinski definition) is 5. The molecule has 2 aliphatic heterocycles. The Hall–Kier alpha value is -3.25. The Bertz CT molecular complexity index is 1050. The van der Waals surface area contributed by atoms with E-state index in [1.54, 1.807) is 24.3 Å². The largest absolute Gasteiger partial charge is 0.489 e. The second-order valence-electron chi connectivity index (χ2n) is 7.61. The van der Waals surface area contributed by atoms with Gasteiger partial charge in [-0.25, -0.2) is 0 Å². The van der Waals surface area contributed by atoms with Crippen LogP contribution in [0.4, 0.5) is 27.6 Å². The minimum Gasteiger partial charge on any atom is -0.489 e. The molecule has 1 N–H and O–H groups in total. The van der Waals surface area contributed by atoms with Crippen molar-refractivity contribution in [2.45, 2.75) is 37.5 Å². The Labute approximate surface area is 178 Å². The molecule has 2 amide bonds. The first-order chi connectivity index (χ1) is 15.0. The van der Waals surface area contributed by atoms with E-state index in [-0.39, 0.29) is 18.9 Å². The van der Waals surface area contributed by atoms with Gasteiger partial charge in [-0.3, -0.25) is 9.59 Å². The first kappa shape index (κ1) is 22.0. The number of ether oxygens (including phenoxy) is 1. The number of carbonyl (C=O) groups is 2. The Balaban J connectivity index is 1.53. The maximum absolute atomic E-state index is 13.8. The van der Waals surface area contributed by atoms with Crippen molar-refractivity contribution in [3.8, 4) is 5.75 Å². The lowest BCUT2D eigenvalue weighted by Crippen LogP contribution is -2.50. The maximum atomic E-state index is 13.8. The fourth-order valence-electron chi connectivity index (χ4n) is 3.80. The van der Waals surface area contributed by atoms with E-state index in [1.165, 1.54) is 11.9 Å². The number of hydrogen-bond donors (Lipinski definition) is 1. The van der Waals surface area contributed by atoms with E-state index in [2.05, 4.69) is 15.5 Å². The van der Waals surface area contributed by atoms with Gasteiger partial charge >= 0.3 is 12.1 Å². The summed E-state index contributed by atoms with van der Waals surface area (Å²) in [5.74, 6) is -8.32. The molecule has 1 unspecified atom stereocenters. The van der Waals surface area contributed by atoms with Crippen LogP contribution < -0.4 is 15.0 Å². The number of carbonyl (C=O) groups excluding carboxylic acids is 2. The molecule has 2 atom stereocenters. The normalized spacial score (nSPS) is 21.3. The highest BCUT2D eigenvalue weighted by Gasteiger charge is 2.62. The molecule has 4 rings (SSSR count). The second kappa shape index (κ2) is 7.71. The summed E-state index contributed by atoms with van der Waals surface area (Å²) in [5, 5.41) is 9.81. The van der Waals surface area contributed by atoms with Gasteiger partial charge in [-0.1, -0.05) is 12.1 Å². The van der Waals surface area contributed by atoms with E-state index in [0.29, 0.717) is 11.4 Å². The van der Waals surface area contributed by atoms with E-state index < -0.39 is 54.7 Å². The number of halogens is 5. The van der Waals surface area contributed by atoms with Gasteiger partial charge < -0.3 is 19.5 Å². The summed E-state index contributed by atoms with van der Waals surface area (Å²) in [5.41, 5.74) is 0.492. The van der Waals surface area contributed by atoms with Gasteiger partial charge in [0.2, 0.25) is 5.82 Å². The quantitative estimate of drug-likeness (QED) is 0.711. The lowest BCUT2D eigenvalue weighted by molar-refractivity contribution is -0.305. The van der Waals surface area contributed by atoms with Gasteiger partial charge in [0.15, 0.2) is 0 Å². The van der Waals surface area contributed by atoms with Gasteiger partial charge in [-0.2, -0.15) is 22.0 Å². The van der Waals surface area contributed by atoms with Crippen LogP contribution in [0.25, 0.3) is 0 Å². The average Bonchev–Trinajstić information content (AvgIpc) is 3.13. The van der Waals surface area contributed by atoms with Crippen LogP contribution in [0.5, 0.6) is 5.75 Å². The Kier molecular flexibility index (Phi) is 5.29. The molecular weight excluding hydrogens is 441 g/mol. The van der Waals surface area contributed by atoms with Crippen molar-refractivity contribution in [1.29, 1.82) is 0 Å². The topological polar surface area (TPSA) is 89.4 Å². The molecule has 0 spiro atoms. The molecule has 0 bridgehead atoms. The van der Waals surface area contributed by atoms with Gasteiger partial charge in [0.1, 0.15) is 24.2 Å². The molecule has 3 heterocycles. The summed E-state index contributed by atoms with van der Waals surface area (Å²) >= 11 is 0. The number of nitrogens with zero attached hydrogens (tertiary/aromatic N) is 4. The molecule has 0 saturated heterocycles. The predicted molar refractivity (Wildman–Crippen MR) is 99.4 cm³/mol. The molecule has 172 valence electrons. The fourth-order valence-corrected chi connectivity index (χ4v) is 3.80. The van der Waals surface area contributed by atoms with Crippen molar-refractivity contribution in [1.82, 2.24) is 20.1 Å². The molecule has 32 heavy (non-hydrogen) atoms. The number of aromatic nitrogens is 3. The van der Waals surface area contributed by atoms with Crippen molar-refractivity contribution in [2.75, 3.05) is 18.6 Å². The van der Waals surface area contributed by atoms with E-state index in [1.807, 2.05) is 0 Å². The van der Waals surface area contributed by atoms with Gasteiger partial charge in [0, 0.05) is 20.0 Å². The van der Waals surface area contributed by atoms with Crippen molar-refractivity contribution >= 4 is 17.5 Å². The van der Waals surface area contributed by atoms with Crippen LogP contribution in [0, 0.1) is 5.92 Å². The Morgan fingerprint density at radius 3 is 2.62 bits per heavy atom. The third-order valence-electron chi connectivity index (χ3n) is 5.61. The van der Waals surface area contributed by atoms with Crippen molar-refractivity contribution < 1.29 is 36.3 Å². The third kappa shape index (κ3) is 3.65. The first-order valence-electron chi connectivity index (χ1n) is 9.67. The number of fused-ring (bicyclic) bond motifs is 2. The minimum absolute atomic E-state index is 0.123. The number of nitrogens with one attached hydrogen (secondary N) is 1. The predicted octanol–water partition coefficient (Wildman–Crippen LogP) is 2.19. The summed E-state index contributed by atoms with van der Waals surface area (Å²) < 4.78 is 72.6. The molecule has 2 aromatic rings. The maximum Gasteiger partial charge on any atom is 0.453 e. The number of benzene rings is 1. The van der Waals surface area contributed by atoms with Crippen LogP contribution in [0.15, 0.2) is 24.3 Å². The lowest BCUT2D eigenvalue weighted by Gasteiger charge is -2.32. The van der Waals surface area contributed by atoms with Crippen molar-refractivity contribution in [3.05, 3.63) is 35.9 Å². The highest BCUT2D eigenvalue weighted by molar-refractivity contribution is 6.02. The van der Waals surface area contributed by atoms with Crippen LogP contribution in [0.1, 0.15) is 22.9 Å². The molecule has 0 saturated carbocycles. The third-order valence-corrected chi connectivity index (χ3v) is 5.61. The zero-order valence-electron chi connectivity index (χ0n) is 16.7. The van der Waals surface area contributed by atoms with E-state index >= 15 is 0 Å². The van der Waals surface area contributed by atoms with Crippen LogP contribution in [0.2, 0.25) is 0 Å². The number of likely N-dealkylation sites (N-methyl/N-ethyl adjacent to an activating group) is 1. The van der Waals surface area contributed by atoms with E-state index in [4.69, 9.17) is 4.74 Å². The van der Waals surface area contributed by atoms with Crippen LogP contribution in [-0.2, 0) is 17.8 Å². The van der Waals surface area contributed by atoms with Gasteiger partial charge in [0.05, 0.1) is 11.6 Å². The van der Waals surface area contributed by atoms with Crippen LogP contribution in [-0.4, -0.2) is 58.4 Å². The zero-order valence-corrected chi connectivity index (χ0v) is 16.7. The number of amides is 2. The number of anilines is 1. The molecule has 0 fully saturated rings. The Morgan fingerprint density at radius 1 is 1.19 bits per heavy atom. The SMILES string of the molecule is CN1C(=O)[C@@H](NC(=O)c2nnc3n2CC(C(F)(F)C(F)(F)F)CC3)COc2ccccc21. The summed E-state index contributed by atoms with van der Waals surface area (Å²) in [6, 6.07) is 5.60. The average molecular weight is 459 g/mol. The number of alkyl halides is 5. The minimum atomic E-state index is -5.71. The zero-order chi connectivity index (χ0) is 23.3. The van der Waals surface area contributed by atoms with Gasteiger partial charge in [-0.15, -0.1) is 10.2 Å². The molecule has 8 nitrogen and oxygen atoms in total. The van der Waals surface area contributed by atoms with Crippen LogP contribution in [0.3, 0.4) is 0 Å². The molecule has 1 aromatic heterocycles. The van der Waals surface area contributed by atoms with E-state index in [0.717, 1.165) is 4.57 Å².